The third-order valence-corrected chi connectivity index (χ3v) is 9.19. The van der Waals surface area contributed by atoms with Crippen LogP contribution in [0, 0.1) is 5.82 Å². The maximum Gasteiger partial charge on any atom is 0.252 e. The Balaban J connectivity index is 1.50. The van der Waals surface area contributed by atoms with E-state index < -0.39 is 17.6 Å². The first-order valence-electron chi connectivity index (χ1n) is 15.1. The number of aliphatic hydroxyl groups excluding tert-OH is 1. The van der Waals surface area contributed by atoms with Crippen LogP contribution in [0.1, 0.15) is 34.8 Å². The fourth-order valence-electron chi connectivity index (χ4n) is 5.23. The Morgan fingerprint density at radius 1 is 1.10 bits per heavy atom. The highest BCUT2D eigenvalue weighted by Crippen LogP contribution is 2.46. The van der Waals surface area contributed by atoms with Crippen LogP contribution in [0.5, 0.6) is 5.75 Å². The summed E-state index contributed by atoms with van der Waals surface area (Å²) in [6.45, 7) is 0.702. The number of nitrogens with one attached hydrogen (secondary N) is 1. The van der Waals surface area contributed by atoms with E-state index in [0.29, 0.717) is 69.3 Å². The first kappa shape index (κ1) is 35.1. The summed E-state index contributed by atoms with van der Waals surface area (Å²) in [6, 6.07) is 25.4. The van der Waals surface area contributed by atoms with Gasteiger partial charge in [0.05, 0.1) is 6.61 Å². The maximum absolute atomic E-state index is 14.5. The van der Waals surface area contributed by atoms with E-state index in [1.807, 2.05) is 0 Å². The van der Waals surface area contributed by atoms with Crippen LogP contribution in [0.15, 0.2) is 101 Å². The molecule has 2 N–H and O–H groups in total. The van der Waals surface area contributed by atoms with Gasteiger partial charge in [-0.3, -0.25) is 4.79 Å². The average Bonchev–Trinajstić information content (AvgIpc) is 3.47. The summed E-state index contributed by atoms with van der Waals surface area (Å²) in [4.78, 5) is 22.5. The number of azide groups is 1. The zero-order valence-corrected chi connectivity index (χ0v) is 28.0. The molecular weight excluding hydrogens is 676 g/mol. The highest BCUT2D eigenvalue weighted by Gasteiger charge is 2.54. The van der Waals surface area contributed by atoms with Crippen LogP contribution in [0.3, 0.4) is 0 Å². The number of rotatable bonds is 15. The van der Waals surface area contributed by atoms with Gasteiger partial charge >= 0.3 is 0 Å². The van der Waals surface area contributed by atoms with Gasteiger partial charge in [-0.25, -0.2) is 9.38 Å². The molecule has 1 heterocycles. The Kier molecular flexibility index (Phi) is 12.2. The lowest BCUT2D eigenvalue weighted by Crippen LogP contribution is -2.50. The smallest absolute Gasteiger partial charge is 0.252 e. The lowest BCUT2D eigenvalue weighted by atomic mass is 9.81. The summed E-state index contributed by atoms with van der Waals surface area (Å²) in [5, 5.41) is 16.7. The zero-order valence-electron chi connectivity index (χ0n) is 25.7. The maximum atomic E-state index is 14.5. The van der Waals surface area contributed by atoms with Gasteiger partial charge in [-0.15, -0.1) is 0 Å². The molecule has 1 aliphatic rings. The molecule has 0 saturated heterocycles. The van der Waals surface area contributed by atoms with E-state index >= 15 is 0 Å². The van der Waals surface area contributed by atoms with E-state index in [4.69, 9.17) is 42.8 Å². The molecule has 0 bridgehead atoms. The standard InChI is InChI=1S/C35H32Cl2FN5O4S/c36-26-10-15-29(30(37)20-26)32-35(21-25-4-1-2-5-31(25)42-43-39,34(45)40-16-19-48-22-23-6-11-27(38)12-7-23)41-33(47-32)24-8-13-28(14-9-24)46-18-3-17-44/h1-2,4-15,20,32,44H,3,16-19,21-22H2,(H,40,45)/t32-,35-/m1/s1. The molecule has 0 spiro atoms. The average molecular weight is 709 g/mol. The van der Waals surface area contributed by atoms with Gasteiger partial charge in [-0.05, 0) is 65.2 Å². The van der Waals surface area contributed by atoms with Crippen LogP contribution in [-0.4, -0.2) is 48.0 Å². The number of ether oxygens (including phenoxy) is 2. The predicted molar refractivity (Wildman–Crippen MR) is 188 cm³/mol. The van der Waals surface area contributed by atoms with Gasteiger partial charge in [0.25, 0.3) is 5.91 Å². The SMILES string of the molecule is [N-]=[N+]=Nc1ccccc1C[C@@]1(C(=O)NCCSCc2ccc(F)cc2)N=C(c2ccc(OCCCO)cc2)O[C@@H]1c1ccc(Cl)cc1Cl. The van der Waals surface area contributed by atoms with Gasteiger partial charge in [-0.1, -0.05) is 70.8 Å². The molecule has 0 saturated carbocycles. The Labute approximate surface area is 291 Å². The fraction of sp³-hybridized carbons (Fsp3) is 0.257. The zero-order chi connectivity index (χ0) is 33.9. The number of thioether (sulfide) groups is 1. The predicted octanol–water partition coefficient (Wildman–Crippen LogP) is 8.38. The third-order valence-electron chi connectivity index (χ3n) is 7.59. The number of benzene rings is 4. The molecule has 2 atom stereocenters. The lowest BCUT2D eigenvalue weighted by Gasteiger charge is -2.31. The summed E-state index contributed by atoms with van der Waals surface area (Å²) >= 11 is 14.6. The molecule has 13 heteroatoms. The number of amides is 1. The highest BCUT2D eigenvalue weighted by atomic mass is 35.5. The summed E-state index contributed by atoms with van der Waals surface area (Å²) in [5.41, 5.74) is 10.7. The van der Waals surface area contributed by atoms with E-state index in [1.54, 1.807) is 90.6 Å². The summed E-state index contributed by atoms with van der Waals surface area (Å²) in [7, 11) is 0. The molecule has 248 valence electrons. The first-order valence-corrected chi connectivity index (χ1v) is 17.0. The molecule has 0 unspecified atom stereocenters. The van der Waals surface area contributed by atoms with Gasteiger partial charge in [0.2, 0.25) is 5.90 Å². The van der Waals surface area contributed by atoms with Crippen molar-refractivity contribution in [3.63, 3.8) is 0 Å². The van der Waals surface area contributed by atoms with Crippen molar-refractivity contribution in [3.8, 4) is 5.75 Å². The van der Waals surface area contributed by atoms with E-state index in [1.165, 1.54) is 12.1 Å². The number of carbonyl (C=O) groups is 1. The van der Waals surface area contributed by atoms with Gasteiger partial charge < -0.3 is 19.9 Å². The second-order valence-electron chi connectivity index (χ2n) is 10.9. The molecule has 1 amide bonds. The van der Waals surface area contributed by atoms with Crippen molar-refractivity contribution < 1.29 is 23.8 Å². The molecule has 0 aromatic heterocycles. The number of hydrogen-bond donors (Lipinski definition) is 2. The Morgan fingerprint density at radius 2 is 1.88 bits per heavy atom. The van der Waals surface area contributed by atoms with Crippen molar-refractivity contribution in [2.24, 2.45) is 10.1 Å². The molecule has 5 rings (SSSR count). The van der Waals surface area contributed by atoms with Crippen molar-refractivity contribution in [2.45, 2.75) is 30.2 Å². The van der Waals surface area contributed by atoms with Crippen LogP contribution < -0.4 is 10.1 Å². The highest BCUT2D eigenvalue weighted by molar-refractivity contribution is 7.98. The minimum atomic E-state index is -1.58. The third kappa shape index (κ3) is 8.61. The van der Waals surface area contributed by atoms with Crippen molar-refractivity contribution in [3.05, 3.63) is 140 Å². The fourth-order valence-corrected chi connectivity index (χ4v) is 6.56. The van der Waals surface area contributed by atoms with Crippen LogP contribution in [0.25, 0.3) is 10.4 Å². The van der Waals surface area contributed by atoms with Gasteiger partial charge in [0.1, 0.15) is 11.6 Å². The topological polar surface area (TPSA) is 129 Å². The molecule has 0 aliphatic carbocycles. The largest absolute Gasteiger partial charge is 0.494 e. The van der Waals surface area contributed by atoms with Crippen molar-refractivity contribution >= 4 is 52.5 Å². The Morgan fingerprint density at radius 3 is 2.60 bits per heavy atom. The molecule has 0 fully saturated rings. The van der Waals surface area contributed by atoms with Gasteiger partial charge in [-0.2, -0.15) is 11.8 Å². The van der Waals surface area contributed by atoms with Gasteiger partial charge in [0, 0.05) is 69.3 Å². The molecule has 9 nitrogen and oxygen atoms in total. The number of carbonyl (C=O) groups excluding carboxylic acids is 1. The first-order chi connectivity index (χ1) is 23.3. The molecule has 4 aromatic carbocycles. The van der Waals surface area contributed by atoms with Gasteiger partial charge in [0.15, 0.2) is 11.6 Å². The molecule has 0 radical (unpaired) electrons. The number of aliphatic imine (C=N–C) groups is 1. The van der Waals surface area contributed by atoms with Crippen LogP contribution >= 0.6 is 35.0 Å². The van der Waals surface area contributed by atoms with Crippen LogP contribution in [-0.2, 0) is 21.7 Å². The second kappa shape index (κ2) is 16.7. The quantitative estimate of drug-likeness (QED) is 0.0555. The lowest BCUT2D eigenvalue weighted by molar-refractivity contribution is -0.128. The number of aliphatic hydroxyl groups is 1. The van der Waals surface area contributed by atoms with Crippen molar-refractivity contribution in [1.29, 1.82) is 0 Å². The molecular formula is C35H32Cl2FN5O4S. The van der Waals surface area contributed by atoms with E-state index in [9.17, 15) is 14.7 Å². The second-order valence-corrected chi connectivity index (χ2v) is 12.8. The molecule has 4 aromatic rings. The monoisotopic (exact) mass is 707 g/mol. The summed E-state index contributed by atoms with van der Waals surface area (Å²) in [5.74, 6) is 1.35. The van der Waals surface area contributed by atoms with E-state index in [0.717, 1.165) is 5.56 Å². The molecule has 1 aliphatic heterocycles. The number of nitrogens with zero attached hydrogens (tertiary/aromatic N) is 4. The van der Waals surface area contributed by atoms with Crippen LogP contribution in [0.4, 0.5) is 10.1 Å². The van der Waals surface area contributed by atoms with Crippen molar-refractivity contribution in [2.75, 3.05) is 25.5 Å². The summed E-state index contributed by atoms with van der Waals surface area (Å²) in [6.07, 6.45) is -0.462. The minimum absolute atomic E-state index is 0.0201. The Bertz CT molecular complexity index is 1810. The van der Waals surface area contributed by atoms with Crippen LogP contribution in [0.2, 0.25) is 10.0 Å². The summed E-state index contributed by atoms with van der Waals surface area (Å²) < 4.78 is 25.5. The van der Waals surface area contributed by atoms with E-state index in [-0.39, 0.29) is 24.7 Å². The molecule has 48 heavy (non-hydrogen) atoms. The Hall–Kier alpha value is -4.25. The minimum Gasteiger partial charge on any atom is -0.494 e. The number of halogens is 3. The van der Waals surface area contributed by atoms with E-state index in [2.05, 4.69) is 15.3 Å². The number of hydrogen-bond acceptors (Lipinski definition) is 7. The van der Waals surface area contributed by atoms with Crippen molar-refractivity contribution in [1.82, 2.24) is 5.32 Å². The normalized spacial score (nSPS) is 16.8.